The van der Waals surface area contributed by atoms with Crippen LogP contribution < -0.4 is 10.6 Å². The molecular weight excluding hydrogens is 416 g/mol. The van der Waals surface area contributed by atoms with Gasteiger partial charge in [-0.25, -0.2) is 4.79 Å². The first kappa shape index (κ1) is 19.9. The first-order valence-electron chi connectivity index (χ1n) is 10.6. The average Bonchev–Trinajstić information content (AvgIpc) is 3.35. The standard InChI is InChI=1S/C23H23ClN4O3/c24-17-8-7-15(14-20(17)27-11-3-6-21(27)29)22(30)26-12-9-16(10-13-26)28-19-5-2-1-4-18(19)25-23(28)31/h1-2,4-5,7-8,14,16H,3,6,9-13H2,(H,25,31). The number of imidazole rings is 1. The number of benzene rings is 2. The molecule has 0 aliphatic carbocycles. The number of aromatic amines is 1. The Bertz CT molecular complexity index is 1220. The molecule has 2 aromatic carbocycles. The fraction of sp³-hybridized carbons (Fsp3) is 0.348. The summed E-state index contributed by atoms with van der Waals surface area (Å²) in [6.45, 7) is 1.76. The van der Waals surface area contributed by atoms with E-state index in [9.17, 15) is 14.4 Å². The fourth-order valence-corrected chi connectivity index (χ4v) is 4.92. The van der Waals surface area contributed by atoms with Crippen molar-refractivity contribution in [1.29, 1.82) is 0 Å². The summed E-state index contributed by atoms with van der Waals surface area (Å²) in [5.74, 6) is -0.0363. The minimum absolute atomic E-state index is 0.0384. The molecule has 3 heterocycles. The number of likely N-dealkylation sites (tertiary alicyclic amines) is 1. The maximum absolute atomic E-state index is 13.1. The van der Waals surface area contributed by atoms with Gasteiger partial charge in [0.2, 0.25) is 5.91 Å². The quantitative estimate of drug-likeness (QED) is 0.678. The lowest BCUT2D eigenvalue weighted by molar-refractivity contribution is -0.117. The lowest BCUT2D eigenvalue weighted by Gasteiger charge is -2.33. The summed E-state index contributed by atoms with van der Waals surface area (Å²) in [4.78, 5) is 44.1. The number of nitrogens with zero attached hydrogens (tertiary/aromatic N) is 3. The van der Waals surface area contributed by atoms with Gasteiger partial charge in [-0.15, -0.1) is 0 Å². The predicted molar refractivity (Wildman–Crippen MR) is 120 cm³/mol. The topological polar surface area (TPSA) is 78.4 Å². The van der Waals surface area contributed by atoms with Crippen LogP contribution in [0.3, 0.4) is 0 Å². The molecule has 2 saturated heterocycles. The molecule has 7 nitrogen and oxygen atoms in total. The number of para-hydroxylation sites is 2. The maximum atomic E-state index is 13.1. The first-order valence-corrected chi connectivity index (χ1v) is 11.0. The monoisotopic (exact) mass is 438 g/mol. The van der Waals surface area contributed by atoms with Crippen molar-refractivity contribution in [3.05, 3.63) is 63.5 Å². The second kappa shape index (κ2) is 7.89. The van der Waals surface area contributed by atoms with E-state index in [0.717, 1.165) is 17.5 Å². The molecule has 0 atom stereocenters. The van der Waals surface area contributed by atoms with Crippen molar-refractivity contribution in [2.75, 3.05) is 24.5 Å². The number of halogens is 1. The number of hydrogen-bond donors (Lipinski definition) is 1. The highest BCUT2D eigenvalue weighted by atomic mass is 35.5. The number of H-pyrrole nitrogens is 1. The predicted octanol–water partition coefficient (Wildman–Crippen LogP) is 3.59. The van der Waals surface area contributed by atoms with Crippen molar-refractivity contribution in [3.63, 3.8) is 0 Å². The van der Waals surface area contributed by atoms with E-state index < -0.39 is 0 Å². The van der Waals surface area contributed by atoms with Gasteiger partial charge in [-0.1, -0.05) is 23.7 Å². The molecule has 1 N–H and O–H groups in total. The zero-order valence-electron chi connectivity index (χ0n) is 17.0. The van der Waals surface area contributed by atoms with Gasteiger partial charge in [-0.3, -0.25) is 14.2 Å². The van der Waals surface area contributed by atoms with Crippen LogP contribution >= 0.6 is 11.6 Å². The van der Waals surface area contributed by atoms with Gasteiger partial charge in [0, 0.05) is 37.7 Å². The molecule has 0 bridgehead atoms. The molecule has 3 aromatic rings. The lowest BCUT2D eigenvalue weighted by Crippen LogP contribution is -2.40. The van der Waals surface area contributed by atoms with Crippen LogP contribution in [0.2, 0.25) is 5.02 Å². The van der Waals surface area contributed by atoms with Crippen molar-refractivity contribution in [2.24, 2.45) is 0 Å². The van der Waals surface area contributed by atoms with E-state index in [4.69, 9.17) is 11.6 Å². The third kappa shape index (κ3) is 3.53. The summed E-state index contributed by atoms with van der Waals surface area (Å²) < 4.78 is 1.82. The third-order valence-electron chi connectivity index (χ3n) is 6.30. The summed E-state index contributed by atoms with van der Waals surface area (Å²) >= 11 is 6.32. The summed E-state index contributed by atoms with van der Waals surface area (Å²) in [7, 11) is 0. The number of rotatable bonds is 3. The van der Waals surface area contributed by atoms with Crippen LogP contribution in [0, 0.1) is 0 Å². The molecule has 0 radical (unpaired) electrons. The van der Waals surface area contributed by atoms with E-state index >= 15 is 0 Å². The number of carbonyl (C=O) groups excluding carboxylic acids is 2. The number of carbonyl (C=O) groups is 2. The Morgan fingerprint density at radius 1 is 1.03 bits per heavy atom. The van der Waals surface area contributed by atoms with Gasteiger partial charge in [-0.05, 0) is 49.6 Å². The molecular formula is C23H23ClN4O3. The Labute approximate surface area is 184 Å². The highest BCUT2D eigenvalue weighted by molar-refractivity contribution is 6.34. The van der Waals surface area contributed by atoms with E-state index in [1.165, 1.54) is 0 Å². The number of anilines is 1. The Hall–Kier alpha value is -3.06. The van der Waals surface area contributed by atoms with Gasteiger partial charge in [-0.2, -0.15) is 0 Å². The zero-order chi connectivity index (χ0) is 21.5. The summed E-state index contributed by atoms with van der Waals surface area (Å²) in [6.07, 6.45) is 2.72. The van der Waals surface area contributed by atoms with Gasteiger partial charge in [0.1, 0.15) is 0 Å². The van der Waals surface area contributed by atoms with Crippen LogP contribution in [0.15, 0.2) is 47.3 Å². The van der Waals surface area contributed by atoms with E-state index in [-0.39, 0.29) is 23.5 Å². The minimum Gasteiger partial charge on any atom is -0.338 e. The molecule has 0 spiro atoms. The molecule has 1 aromatic heterocycles. The van der Waals surface area contributed by atoms with Gasteiger partial charge in [0.15, 0.2) is 0 Å². The van der Waals surface area contributed by atoms with Crippen molar-refractivity contribution in [3.8, 4) is 0 Å². The molecule has 160 valence electrons. The third-order valence-corrected chi connectivity index (χ3v) is 6.62. The number of aromatic nitrogens is 2. The first-order chi connectivity index (χ1) is 15.0. The number of amides is 2. The molecule has 2 fully saturated rings. The van der Waals surface area contributed by atoms with Crippen molar-refractivity contribution in [2.45, 2.75) is 31.7 Å². The average molecular weight is 439 g/mol. The molecule has 0 unspecified atom stereocenters. The van der Waals surface area contributed by atoms with Crippen molar-refractivity contribution in [1.82, 2.24) is 14.5 Å². The number of fused-ring (bicyclic) bond motifs is 1. The summed E-state index contributed by atoms with van der Waals surface area (Å²) in [5.41, 5.74) is 2.76. The van der Waals surface area contributed by atoms with Crippen molar-refractivity contribution < 1.29 is 9.59 Å². The largest absolute Gasteiger partial charge is 0.338 e. The Balaban J connectivity index is 1.33. The van der Waals surface area contributed by atoms with Crippen LogP contribution in [-0.4, -0.2) is 45.9 Å². The Kier molecular flexibility index (Phi) is 5.06. The van der Waals surface area contributed by atoms with Gasteiger partial charge in [0.05, 0.1) is 21.7 Å². The normalized spacial score (nSPS) is 17.6. The highest BCUT2D eigenvalue weighted by Gasteiger charge is 2.28. The van der Waals surface area contributed by atoms with Crippen LogP contribution in [0.4, 0.5) is 5.69 Å². The summed E-state index contributed by atoms with van der Waals surface area (Å²) in [6, 6.07) is 12.8. The molecule has 5 rings (SSSR count). The van der Waals surface area contributed by atoms with E-state index in [0.29, 0.717) is 55.2 Å². The van der Waals surface area contributed by atoms with Crippen LogP contribution in [0.5, 0.6) is 0 Å². The van der Waals surface area contributed by atoms with Crippen LogP contribution in [-0.2, 0) is 4.79 Å². The van der Waals surface area contributed by atoms with E-state index in [1.54, 1.807) is 23.1 Å². The molecule has 31 heavy (non-hydrogen) atoms. The summed E-state index contributed by atoms with van der Waals surface area (Å²) in [5, 5.41) is 0.476. The number of nitrogens with one attached hydrogen (secondary N) is 1. The highest BCUT2D eigenvalue weighted by Crippen LogP contribution is 2.32. The number of hydrogen-bond acceptors (Lipinski definition) is 3. The van der Waals surface area contributed by atoms with Gasteiger partial charge in [0.25, 0.3) is 5.91 Å². The van der Waals surface area contributed by atoms with E-state index in [1.807, 2.05) is 33.7 Å². The van der Waals surface area contributed by atoms with Crippen molar-refractivity contribution >= 4 is 40.1 Å². The second-order valence-electron chi connectivity index (χ2n) is 8.16. The molecule has 0 saturated carbocycles. The molecule has 2 aliphatic rings. The van der Waals surface area contributed by atoms with Gasteiger partial charge >= 0.3 is 5.69 Å². The molecule has 2 amide bonds. The molecule has 8 heteroatoms. The van der Waals surface area contributed by atoms with Crippen LogP contribution in [0.25, 0.3) is 11.0 Å². The Morgan fingerprint density at radius 3 is 2.55 bits per heavy atom. The minimum atomic E-state index is -0.108. The molecule has 2 aliphatic heterocycles. The SMILES string of the molecule is O=C(c1ccc(Cl)c(N2CCCC2=O)c1)N1CCC(n2c(=O)[nH]c3ccccc32)CC1. The van der Waals surface area contributed by atoms with Crippen LogP contribution in [0.1, 0.15) is 42.1 Å². The zero-order valence-corrected chi connectivity index (χ0v) is 17.8. The van der Waals surface area contributed by atoms with Gasteiger partial charge < -0.3 is 14.8 Å². The van der Waals surface area contributed by atoms with E-state index in [2.05, 4.69) is 4.98 Å². The number of piperidine rings is 1. The fourth-order valence-electron chi connectivity index (χ4n) is 4.70. The Morgan fingerprint density at radius 2 is 1.81 bits per heavy atom. The maximum Gasteiger partial charge on any atom is 0.326 e. The lowest BCUT2D eigenvalue weighted by atomic mass is 10.0. The smallest absolute Gasteiger partial charge is 0.326 e. The second-order valence-corrected chi connectivity index (χ2v) is 8.56.